The molecule has 0 fully saturated rings. The summed E-state index contributed by atoms with van der Waals surface area (Å²) in [5.74, 6) is 6.04. The van der Waals surface area contributed by atoms with Gasteiger partial charge in [-0.05, 0) is 24.3 Å². The first kappa shape index (κ1) is 11.6. The number of hydrogen-bond donors (Lipinski definition) is 2. The summed E-state index contributed by atoms with van der Waals surface area (Å²) in [5.41, 5.74) is 0.231. The summed E-state index contributed by atoms with van der Waals surface area (Å²) in [7, 11) is 1.56. The second kappa shape index (κ2) is 4.52. The third-order valence-corrected chi connectivity index (χ3v) is 2.32. The summed E-state index contributed by atoms with van der Waals surface area (Å²) in [4.78, 5) is 21.6. The molecule has 3 N–H and O–H groups in total. The fourth-order valence-electron chi connectivity index (χ4n) is 1.28. The molecule has 1 aromatic heterocycles. The van der Waals surface area contributed by atoms with Crippen molar-refractivity contribution in [1.29, 1.82) is 0 Å². The fourth-order valence-corrected chi connectivity index (χ4v) is 1.40. The second-order valence-corrected chi connectivity index (χ2v) is 3.86. The third kappa shape index (κ3) is 2.61. The Morgan fingerprint density at radius 3 is 2.53 bits per heavy atom. The zero-order valence-electron chi connectivity index (χ0n) is 9.01. The standard InChI is InChI=1S/C10H10ClN5O/c1-16(12)9-13-8(14-10(17)15-9)6-2-4-7(11)5-3-6/h2-5H,12H2,1H3,(H,13,14,15,17). The van der Waals surface area contributed by atoms with Crippen LogP contribution in [0, 0.1) is 0 Å². The van der Waals surface area contributed by atoms with Gasteiger partial charge in [0.1, 0.15) is 5.82 Å². The van der Waals surface area contributed by atoms with Crippen LogP contribution in [0.15, 0.2) is 29.1 Å². The summed E-state index contributed by atoms with van der Waals surface area (Å²) in [6.07, 6.45) is 0. The highest BCUT2D eigenvalue weighted by molar-refractivity contribution is 6.30. The Bertz CT molecular complexity index is 578. The molecule has 88 valence electrons. The van der Waals surface area contributed by atoms with Gasteiger partial charge in [0.15, 0.2) is 0 Å². The second-order valence-electron chi connectivity index (χ2n) is 3.42. The quantitative estimate of drug-likeness (QED) is 0.609. The minimum absolute atomic E-state index is 0.152. The van der Waals surface area contributed by atoms with Crippen LogP contribution in [0.25, 0.3) is 11.4 Å². The minimum Gasteiger partial charge on any atom is -0.290 e. The molecule has 0 saturated carbocycles. The number of nitrogens with one attached hydrogen (secondary N) is 1. The molecule has 1 heterocycles. The number of aromatic nitrogens is 3. The lowest BCUT2D eigenvalue weighted by molar-refractivity contribution is 0.886. The lowest BCUT2D eigenvalue weighted by Crippen LogP contribution is -2.30. The Labute approximate surface area is 102 Å². The Morgan fingerprint density at radius 1 is 1.29 bits per heavy atom. The van der Waals surface area contributed by atoms with Crippen molar-refractivity contribution >= 4 is 17.5 Å². The topological polar surface area (TPSA) is 87.9 Å². The molecule has 17 heavy (non-hydrogen) atoms. The van der Waals surface area contributed by atoms with E-state index in [1.165, 1.54) is 5.01 Å². The van der Waals surface area contributed by atoms with E-state index < -0.39 is 5.69 Å². The van der Waals surface area contributed by atoms with Gasteiger partial charge in [0.2, 0.25) is 5.95 Å². The normalized spacial score (nSPS) is 10.3. The van der Waals surface area contributed by atoms with Crippen LogP contribution in [0.4, 0.5) is 5.95 Å². The van der Waals surface area contributed by atoms with E-state index in [-0.39, 0.29) is 5.95 Å². The molecule has 0 amide bonds. The molecule has 2 rings (SSSR count). The molecule has 0 bridgehead atoms. The molecule has 7 heteroatoms. The zero-order chi connectivity index (χ0) is 12.4. The highest BCUT2D eigenvalue weighted by Gasteiger charge is 2.06. The largest absolute Gasteiger partial charge is 0.349 e. The van der Waals surface area contributed by atoms with E-state index in [2.05, 4.69) is 15.0 Å². The first-order chi connectivity index (χ1) is 8.06. The van der Waals surface area contributed by atoms with Crippen LogP contribution in [0.2, 0.25) is 5.02 Å². The van der Waals surface area contributed by atoms with Gasteiger partial charge in [-0.2, -0.15) is 9.97 Å². The molecule has 6 nitrogen and oxygen atoms in total. The van der Waals surface area contributed by atoms with Crippen LogP contribution in [0.5, 0.6) is 0 Å². The lowest BCUT2D eigenvalue weighted by Gasteiger charge is -2.09. The third-order valence-electron chi connectivity index (χ3n) is 2.07. The van der Waals surface area contributed by atoms with Crippen LogP contribution in [-0.4, -0.2) is 22.0 Å². The number of aromatic amines is 1. The van der Waals surface area contributed by atoms with Crippen molar-refractivity contribution in [2.75, 3.05) is 12.1 Å². The van der Waals surface area contributed by atoms with Crippen molar-refractivity contribution in [2.45, 2.75) is 0 Å². The maximum atomic E-state index is 11.3. The number of halogens is 1. The van der Waals surface area contributed by atoms with Gasteiger partial charge in [0.25, 0.3) is 0 Å². The van der Waals surface area contributed by atoms with Gasteiger partial charge in [0.05, 0.1) is 0 Å². The van der Waals surface area contributed by atoms with Gasteiger partial charge in [-0.3, -0.25) is 9.99 Å². The molecule has 0 aliphatic carbocycles. The van der Waals surface area contributed by atoms with Crippen molar-refractivity contribution in [3.63, 3.8) is 0 Å². The van der Waals surface area contributed by atoms with Gasteiger partial charge in [-0.1, -0.05) is 11.6 Å². The Morgan fingerprint density at radius 2 is 1.94 bits per heavy atom. The monoisotopic (exact) mass is 251 g/mol. The van der Waals surface area contributed by atoms with Crippen molar-refractivity contribution < 1.29 is 0 Å². The maximum absolute atomic E-state index is 11.3. The smallest absolute Gasteiger partial charge is 0.290 e. The van der Waals surface area contributed by atoms with E-state index in [0.29, 0.717) is 10.8 Å². The van der Waals surface area contributed by atoms with Crippen molar-refractivity contribution in [3.05, 3.63) is 39.8 Å². The van der Waals surface area contributed by atoms with Gasteiger partial charge < -0.3 is 0 Å². The highest BCUT2D eigenvalue weighted by Crippen LogP contribution is 2.17. The molecular weight excluding hydrogens is 242 g/mol. The van der Waals surface area contributed by atoms with Crippen LogP contribution < -0.4 is 16.5 Å². The number of anilines is 1. The van der Waals surface area contributed by atoms with E-state index in [0.717, 1.165) is 5.56 Å². The number of nitrogens with two attached hydrogens (primary N) is 1. The van der Waals surface area contributed by atoms with Crippen molar-refractivity contribution in [2.24, 2.45) is 5.84 Å². The summed E-state index contributed by atoms with van der Waals surface area (Å²) in [6, 6.07) is 6.92. The number of nitrogens with zero attached hydrogens (tertiary/aromatic N) is 3. The van der Waals surface area contributed by atoms with Gasteiger partial charge >= 0.3 is 5.69 Å². The van der Waals surface area contributed by atoms with Crippen LogP contribution in [-0.2, 0) is 0 Å². The Kier molecular flexibility index (Phi) is 3.08. The first-order valence-corrected chi connectivity index (χ1v) is 5.17. The molecule has 0 saturated heterocycles. The van der Waals surface area contributed by atoms with E-state index >= 15 is 0 Å². The summed E-state index contributed by atoms with van der Waals surface area (Å²) >= 11 is 5.78. The average Bonchev–Trinajstić information content (AvgIpc) is 2.29. The molecular formula is C10H10ClN5O. The minimum atomic E-state index is -0.503. The molecule has 0 aliphatic heterocycles. The van der Waals surface area contributed by atoms with Crippen LogP contribution in [0.3, 0.4) is 0 Å². The van der Waals surface area contributed by atoms with Crippen molar-refractivity contribution in [1.82, 2.24) is 15.0 Å². The first-order valence-electron chi connectivity index (χ1n) is 4.79. The molecule has 0 unspecified atom stereocenters. The van der Waals surface area contributed by atoms with Gasteiger partial charge in [-0.25, -0.2) is 10.6 Å². The molecule has 2 aromatic rings. The Balaban J connectivity index is 2.52. The van der Waals surface area contributed by atoms with Crippen LogP contribution >= 0.6 is 11.6 Å². The van der Waals surface area contributed by atoms with Crippen molar-refractivity contribution in [3.8, 4) is 11.4 Å². The van der Waals surface area contributed by atoms with E-state index in [1.54, 1.807) is 31.3 Å². The zero-order valence-corrected chi connectivity index (χ0v) is 9.77. The molecule has 0 aliphatic rings. The fraction of sp³-hybridized carbons (Fsp3) is 0.100. The van der Waals surface area contributed by atoms with Crippen LogP contribution in [0.1, 0.15) is 0 Å². The average molecular weight is 252 g/mol. The highest BCUT2D eigenvalue weighted by atomic mass is 35.5. The summed E-state index contributed by atoms with van der Waals surface area (Å²) in [6.45, 7) is 0. The number of hydrazine groups is 1. The van der Waals surface area contributed by atoms with Gasteiger partial charge in [-0.15, -0.1) is 0 Å². The number of rotatable bonds is 2. The van der Waals surface area contributed by atoms with E-state index in [1.807, 2.05) is 0 Å². The predicted molar refractivity (Wildman–Crippen MR) is 65.7 cm³/mol. The maximum Gasteiger partial charge on any atom is 0.349 e. The van der Waals surface area contributed by atoms with E-state index in [4.69, 9.17) is 17.4 Å². The lowest BCUT2D eigenvalue weighted by atomic mass is 10.2. The predicted octanol–water partition coefficient (Wildman–Crippen LogP) is 0.795. The number of hydrogen-bond acceptors (Lipinski definition) is 5. The number of H-pyrrole nitrogens is 1. The SMILES string of the molecule is CN(N)c1nc(-c2ccc(Cl)cc2)[nH]c(=O)n1. The molecule has 0 atom stereocenters. The van der Waals surface area contributed by atoms with E-state index in [9.17, 15) is 4.79 Å². The summed E-state index contributed by atoms with van der Waals surface area (Å²) in [5, 5.41) is 1.79. The van der Waals surface area contributed by atoms with Gasteiger partial charge in [0, 0.05) is 17.6 Å². The Hall–Kier alpha value is -1.92. The summed E-state index contributed by atoms with van der Waals surface area (Å²) < 4.78 is 0. The number of benzene rings is 1. The molecule has 0 radical (unpaired) electrons. The molecule has 1 aromatic carbocycles. The molecule has 0 spiro atoms.